The first-order chi connectivity index (χ1) is 11.0. The van der Waals surface area contributed by atoms with E-state index in [1.54, 1.807) is 19.1 Å². The summed E-state index contributed by atoms with van der Waals surface area (Å²) in [5.41, 5.74) is 2.33. The van der Waals surface area contributed by atoms with E-state index in [1.165, 1.54) is 17.7 Å². The third-order valence-electron chi connectivity index (χ3n) is 2.68. The fourth-order valence-corrected chi connectivity index (χ4v) is 2.50. The van der Waals surface area contributed by atoms with Crippen molar-refractivity contribution in [3.63, 3.8) is 0 Å². The van der Waals surface area contributed by atoms with Crippen LogP contribution in [0, 0.1) is 10.1 Å². The molecule has 120 valence electrons. The smallest absolute Gasteiger partial charge is 0.280 e. The van der Waals surface area contributed by atoms with Gasteiger partial charge in [0.2, 0.25) is 0 Å². The van der Waals surface area contributed by atoms with Crippen LogP contribution in [0.5, 0.6) is 5.75 Å². The van der Waals surface area contributed by atoms with Crippen molar-refractivity contribution < 1.29 is 14.5 Å². The van der Waals surface area contributed by atoms with E-state index in [2.05, 4.69) is 26.5 Å². The van der Waals surface area contributed by atoms with Crippen molar-refractivity contribution in [1.29, 1.82) is 0 Å². The average molecular weight is 398 g/mol. The normalized spacial score (nSPS) is 12.1. The fraction of sp³-hybridized carbons (Fsp3) is 0.143. The van der Waals surface area contributed by atoms with Crippen LogP contribution in [0.2, 0.25) is 0 Å². The van der Waals surface area contributed by atoms with Gasteiger partial charge in [0.25, 0.3) is 11.6 Å². The molecule has 0 radical (unpaired) electrons. The number of benzene rings is 1. The molecule has 0 bridgehead atoms. The zero-order valence-electron chi connectivity index (χ0n) is 11.9. The summed E-state index contributed by atoms with van der Waals surface area (Å²) in [6.45, 7) is 1.60. The molecule has 0 aliphatic heterocycles. The second-order valence-corrected chi connectivity index (χ2v) is 6.27. The van der Waals surface area contributed by atoms with Crippen LogP contribution in [-0.4, -0.2) is 23.1 Å². The van der Waals surface area contributed by atoms with Crippen LogP contribution in [0.4, 0.5) is 5.69 Å². The molecule has 0 aliphatic carbocycles. The summed E-state index contributed by atoms with van der Waals surface area (Å²) in [4.78, 5) is 22.5. The number of carbonyl (C=O) groups is 1. The lowest BCUT2D eigenvalue weighted by Crippen LogP contribution is -2.33. The molecule has 1 atom stereocenters. The van der Waals surface area contributed by atoms with E-state index in [0.29, 0.717) is 10.6 Å². The van der Waals surface area contributed by atoms with Gasteiger partial charge in [0.15, 0.2) is 6.10 Å². The number of nitrogens with one attached hydrogen (secondary N) is 1. The summed E-state index contributed by atoms with van der Waals surface area (Å²) in [5, 5.41) is 15.7. The Labute approximate surface area is 144 Å². The summed E-state index contributed by atoms with van der Waals surface area (Å²) in [6, 6.07) is 8.47. The first-order valence-electron chi connectivity index (χ1n) is 6.44. The molecule has 1 heterocycles. The Bertz CT molecular complexity index is 730. The maximum absolute atomic E-state index is 11.9. The number of hydrogen-bond acceptors (Lipinski definition) is 6. The van der Waals surface area contributed by atoms with Crippen LogP contribution in [0.25, 0.3) is 0 Å². The minimum atomic E-state index is -0.731. The second kappa shape index (κ2) is 7.84. The summed E-state index contributed by atoms with van der Waals surface area (Å²) in [7, 11) is 0. The third kappa shape index (κ3) is 5.15. The molecule has 2 rings (SSSR count). The Morgan fingerprint density at radius 3 is 2.78 bits per heavy atom. The number of hydrogen-bond donors (Lipinski definition) is 1. The van der Waals surface area contributed by atoms with E-state index in [0.717, 1.165) is 15.8 Å². The highest BCUT2D eigenvalue weighted by Crippen LogP contribution is 2.19. The summed E-state index contributed by atoms with van der Waals surface area (Å²) >= 11 is 4.48. The Balaban J connectivity index is 1.86. The maximum atomic E-state index is 11.9. The van der Waals surface area contributed by atoms with Gasteiger partial charge in [-0.2, -0.15) is 5.10 Å². The van der Waals surface area contributed by atoms with Crippen molar-refractivity contribution in [2.24, 2.45) is 5.10 Å². The van der Waals surface area contributed by atoms with Crippen LogP contribution in [-0.2, 0) is 4.79 Å². The van der Waals surface area contributed by atoms with Crippen LogP contribution < -0.4 is 10.2 Å². The molecule has 0 saturated heterocycles. The van der Waals surface area contributed by atoms with E-state index < -0.39 is 16.9 Å². The largest absolute Gasteiger partial charge is 0.481 e. The highest BCUT2D eigenvalue weighted by atomic mass is 79.9. The predicted molar refractivity (Wildman–Crippen MR) is 90.9 cm³/mol. The van der Waals surface area contributed by atoms with Gasteiger partial charge in [0.05, 0.1) is 21.4 Å². The van der Waals surface area contributed by atoms with Gasteiger partial charge in [-0.25, -0.2) is 5.43 Å². The molecule has 1 amide bonds. The van der Waals surface area contributed by atoms with Crippen LogP contribution in [0.3, 0.4) is 0 Å². The van der Waals surface area contributed by atoms with Gasteiger partial charge in [-0.3, -0.25) is 14.9 Å². The molecule has 0 unspecified atom stereocenters. The number of halogens is 1. The molecule has 2 aromatic rings. The first-order valence-corrected chi connectivity index (χ1v) is 8.11. The Hall–Kier alpha value is -2.26. The van der Waals surface area contributed by atoms with Gasteiger partial charge in [0.1, 0.15) is 5.75 Å². The highest BCUT2D eigenvalue weighted by Gasteiger charge is 2.14. The van der Waals surface area contributed by atoms with E-state index in [-0.39, 0.29) is 5.69 Å². The lowest BCUT2D eigenvalue weighted by molar-refractivity contribution is -0.384. The zero-order valence-corrected chi connectivity index (χ0v) is 14.3. The molecule has 23 heavy (non-hydrogen) atoms. The number of amides is 1. The molecule has 0 aliphatic rings. The minimum absolute atomic E-state index is 0.00489. The SMILES string of the molecule is C[C@H](Oc1ccc(Br)cc1)C(=O)N/N=C\c1cc([N+](=O)[O-])cs1. The van der Waals surface area contributed by atoms with Gasteiger partial charge in [-0.15, -0.1) is 11.3 Å². The van der Waals surface area contributed by atoms with Crippen molar-refractivity contribution in [3.05, 3.63) is 55.2 Å². The molecule has 0 saturated carbocycles. The lowest BCUT2D eigenvalue weighted by Gasteiger charge is -2.12. The van der Waals surface area contributed by atoms with Crippen LogP contribution in [0.15, 0.2) is 45.3 Å². The summed E-state index contributed by atoms with van der Waals surface area (Å²) < 4.78 is 6.39. The molecule has 1 N–H and O–H groups in total. The molecule has 1 aromatic carbocycles. The van der Waals surface area contributed by atoms with Gasteiger partial charge >= 0.3 is 0 Å². The van der Waals surface area contributed by atoms with Gasteiger partial charge < -0.3 is 4.74 Å². The number of rotatable bonds is 6. The Morgan fingerprint density at radius 2 is 2.17 bits per heavy atom. The molecule has 1 aromatic heterocycles. The average Bonchev–Trinajstić information content (AvgIpc) is 2.98. The molecular weight excluding hydrogens is 386 g/mol. The quantitative estimate of drug-likeness (QED) is 0.459. The molecule has 0 fully saturated rings. The lowest BCUT2D eigenvalue weighted by atomic mass is 10.3. The van der Waals surface area contributed by atoms with Gasteiger partial charge in [-0.05, 0) is 31.2 Å². The van der Waals surface area contributed by atoms with Crippen molar-refractivity contribution in [2.45, 2.75) is 13.0 Å². The van der Waals surface area contributed by atoms with Crippen LogP contribution >= 0.6 is 27.3 Å². The maximum Gasteiger partial charge on any atom is 0.280 e. The Kier molecular flexibility index (Phi) is 5.83. The zero-order chi connectivity index (χ0) is 16.8. The van der Waals surface area contributed by atoms with E-state index >= 15 is 0 Å². The Morgan fingerprint density at radius 1 is 1.48 bits per heavy atom. The van der Waals surface area contributed by atoms with Crippen molar-refractivity contribution in [1.82, 2.24) is 5.43 Å². The topological polar surface area (TPSA) is 93.8 Å². The third-order valence-corrected chi connectivity index (χ3v) is 4.06. The summed E-state index contributed by atoms with van der Waals surface area (Å²) in [6.07, 6.45) is 0.619. The number of hydrazone groups is 1. The molecule has 7 nitrogen and oxygen atoms in total. The second-order valence-electron chi connectivity index (χ2n) is 4.41. The first kappa shape index (κ1) is 17.1. The van der Waals surface area contributed by atoms with Crippen molar-refractivity contribution in [2.75, 3.05) is 0 Å². The van der Waals surface area contributed by atoms with Crippen molar-refractivity contribution >= 4 is 45.1 Å². The molecular formula is C14H12BrN3O4S. The molecule has 0 spiro atoms. The van der Waals surface area contributed by atoms with Gasteiger partial charge in [-0.1, -0.05) is 15.9 Å². The number of nitrogens with zero attached hydrogens (tertiary/aromatic N) is 2. The monoisotopic (exact) mass is 397 g/mol. The van der Waals surface area contributed by atoms with Crippen molar-refractivity contribution in [3.8, 4) is 5.75 Å². The standard InChI is InChI=1S/C14H12BrN3O4S/c1-9(22-12-4-2-10(15)3-5-12)14(19)17-16-7-13-6-11(8-23-13)18(20)21/h2-9H,1H3,(H,17,19)/b16-7-/t9-/m0/s1. The van der Waals surface area contributed by atoms with E-state index in [1.807, 2.05) is 12.1 Å². The fourth-order valence-electron chi connectivity index (χ4n) is 1.53. The number of ether oxygens (including phenoxy) is 1. The van der Waals surface area contributed by atoms with E-state index in [4.69, 9.17) is 4.74 Å². The number of thiophene rings is 1. The number of nitro groups is 1. The van der Waals surface area contributed by atoms with Crippen LogP contribution in [0.1, 0.15) is 11.8 Å². The predicted octanol–water partition coefficient (Wildman–Crippen LogP) is 3.34. The molecule has 9 heteroatoms. The minimum Gasteiger partial charge on any atom is -0.481 e. The highest BCUT2D eigenvalue weighted by molar-refractivity contribution is 9.10. The summed E-state index contributed by atoms with van der Waals surface area (Å²) in [5.74, 6) is 0.143. The van der Waals surface area contributed by atoms with E-state index in [9.17, 15) is 14.9 Å². The number of carbonyl (C=O) groups excluding carboxylic acids is 1. The van der Waals surface area contributed by atoms with Gasteiger partial charge in [0, 0.05) is 10.5 Å².